The first-order valence-electron chi connectivity index (χ1n) is 14.2. The molecule has 0 aromatic heterocycles. The minimum Gasteiger partial charge on any atom is -0.392 e. The van der Waals surface area contributed by atoms with Crippen molar-refractivity contribution in [3.8, 4) is 0 Å². The van der Waals surface area contributed by atoms with E-state index in [0.717, 1.165) is 42.5 Å². The smallest absolute Gasteiger partial charge is 0.270 e. The molecule has 0 spiro atoms. The lowest BCUT2D eigenvalue weighted by Crippen LogP contribution is -2.45. The van der Waals surface area contributed by atoms with E-state index in [4.69, 9.17) is 5.73 Å². The van der Waals surface area contributed by atoms with E-state index in [1.807, 2.05) is 64.1 Å². The molecule has 3 amide bonds. The molecule has 2 aromatic carbocycles. The summed E-state index contributed by atoms with van der Waals surface area (Å²) >= 11 is 1.32. The van der Waals surface area contributed by atoms with Crippen molar-refractivity contribution in [2.45, 2.75) is 57.7 Å². The maximum atomic E-state index is 13.1. The first kappa shape index (κ1) is 29.7. The Morgan fingerprint density at radius 2 is 1.77 bits per heavy atom. The van der Waals surface area contributed by atoms with Gasteiger partial charge in [-0.15, -0.1) is 0 Å². The Morgan fingerprint density at radius 1 is 1.07 bits per heavy atom. The number of hydrogen-bond acceptors (Lipinski definition) is 7. The average molecular weight is 567 g/mol. The Kier molecular flexibility index (Phi) is 9.63. The van der Waals surface area contributed by atoms with Crippen molar-refractivity contribution in [2.75, 3.05) is 44.6 Å². The molecule has 2 saturated heterocycles. The van der Waals surface area contributed by atoms with Gasteiger partial charge in [-0.05, 0) is 88.2 Å². The van der Waals surface area contributed by atoms with Crippen LogP contribution in [0.3, 0.4) is 0 Å². The van der Waals surface area contributed by atoms with Gasteiger partial charge in [-0.3, -0.25) is 14.4 Å². The second-order valence-electron chi connectivity index (χ2n) is 11.1. The average Bonchev–Trinajstić information content (AvgIpc) is 3.58. The number of nitrogens with two attached hydrogens (primary N) is 1. The highest BCUT2D eigenvalue weighted by atomic mass is 32.2. The van der Waals surface area contributed by atoms with E-state index >= 15 is 0 Å². The Balaban J connectivity index is 1.37. The van der Waals surface area contributed by atoms with Crippen LogP contribution in [0.5, 0.6) is 0 Å². The highest BCUT2D eigenvalue weighted by Crippen LogP contribution is 2.36. The van der Waals surface area contributed by atoms with Crippen LogP contribution in [0, 0.1) is 0 Å². The van der Waals surface area contributed by atoms with Crippen LogP contribution >= 0.6 is 11.8 Å². The fourth-order valence-corrected chi connectivity index (χ4v) is 6.09. The molecule has 2 fully saturated rings. The van der Waals surface area contributed by atoms with Crippen LogP contribution in [0.15, 0.2) is 47.1 Å². The quantitative estimate of drug-likeness (QED) is 0.308. The molecule has 40 heavy (non-hydrogen) atoms. The lowest BCUT2D eigenvalue weighted by Gasteiger charge is -2.25. The van der Waals surface area contributed by atoms with Crippen LogP contribution in [0.4, 0.5) is 5.69 Å². The molecule has 0 radical (unpaired) electrons. The minimum absolute atomic E-state index is 0.0596. The maximum Gasteiger partial charge on any atom is 0.270 e. The Bertz CT molecular complexity index is 1290. The van der Waals surface area contributed by atoms with Crippen molar-refractivity contribution in [1.82, 2.24) is 20.4 Å². The van der Waals surface area contributed by atoms with E-state index in [2.05, 4.69) is 20.9 Å². The normalized spacial score (nSPS) is 19.2. The van der Waals surface area contributed by atoms with Crippen molar-refractivity contribution in [3.05, 3.63) is 52.7 Å². The molecule has 0 aliphatic carbocycles. The first-order valence-corrected chi connectivity index (χ1v) is 15.1. The summed E-state index contributed by atoms with van der Waals surface area (Å²) in [7, 11) is 0. The second kappa shape index (κ2) is 13.0. The third-order valence-electron chi connectivity index (χ3n) is 7.67. The van der Waals surface area contributed by atoms with Crippen molar-refractivity contribution < 1.29 is 14.4 Å². The molecule has 2 aromatic rings. The third kappa shape index (κ3) is 7.09. The molecule has 1 atom stereocenters. The van der Waals surface area contributed by atoms with E-state index in [1.165, 1.54) is 24.6 Å². The molecule has 0 unspecified atom stereocenters. The van der Waals surface area contributed by atoms with Gasteiger partial charge in [0.15, 0.2) is 0 Å². The Hall–Kier alpha value is -3.24. The number of nitrogens with zero attached hydrogens (tertiary/aromatic N) is 2. The Labute approximate surface area is 241 Å². The van der Waals surface area contributed by atoms with Crippen LogP contribution < -0.4 is 21.7 Å². The van der Waals surface area contributed by atoms with Crippen molar-refractivity contribution in [2.24, 2.45) is 5.73 Å². The van der Waals surface area contributed by atoms with Crippen LogP contribution in [0.1, 0.15) is 57.3 Å². The molecule has 10 heteroatoms. The molecular weight excluding hydrogens is 524 g/mol. The fraction of sp³-hybridized carbons (Fsp3) is 0.500. The number of anilines is 1. The third-order valence-corrected chi connectivity index (χ3v) is 8.99. The number of hydrogen-bond donors (Lipinski definition) is 4. The number of rotatable bonds is 11. The Morgan fingerprint density at radius 3 is 2.48 bits per heavy atom. The second-order valence-corrected chi connectivity index (χ2v) is 12.3. The van der Waals surface area contributed by atoms with E-state index in [9.17, 15) is 14.4 Å². The van der Waals surface area contributed by atoms with Gasteiger partial charge < -0.3 is 31.5 Å². The van der Waals surface area contributed by atoms with Crippen molar-refractivity contribution in [1.29, 1.82) is 0 Å². The summed E-state index contributed by atoms with van der Waals surface area (Å²) in [5.41, 5.74) is 7.44. The monoisotopic (exact) mass is 566 g/mol. The lowest BCUT2D eigenvalue weighted by atomic mass is 10.0. The van der Waals surface area contributed by atoms with Crippen molar-refractivity contribution in [3.63, 3.8) is 0 Å². The largest absolute Gasteiger partial charge is 0.392 e. The van der Waals surface area contributed by atoms with E-state index in [0.29, 0.717) is 30.2 Å². The zero-order chi connectivity index (χ0) is 28.9. The number of thioether (sulfide) groups is 1. The molecule has 216 valence electrons. The molecule has 5 N–H and O–H groups in total. The minimum atomic E-state index is -0.400. The molecule has 4 rings (SSSR count). The first-order chi connectivity index (χ1) is 19.1. The molecule has 2 aliphatic heterocycles. The van der Waals surface area contributed by atoms with Gasteiger partial charge >= 0.3 is 0 Å². The molecule has 2 heterocycles. The van der Waals surface area contributed by atoms with Crippen LogP contribution in [0.25, 0.3) is 10.8 Å². The molecule has 2 aliphatic rings. The summed E-state index contributed by atoms with van der Waals surface area (Å²) in [5, 5.41) is 11.4. The molecule has 0 saturated carbocycles. The molecule has 9 nitrogen and oxygen atoms in total. The summed E-state index contributed by atoms with van der Waals surface area (Å²) < 4.78 is 0. The topological polar surface area (TPSA) is 120 Å². The van der Waals surface area contributed by atoms with Gasteiger partial charge in [-0.25, -0.2) is 0 Å². The number of carbonyl (C=O) groups is 3. The standard InChI is InChI=1S/C30H42N6O3S/c1-5-30(3,4)34-27(38)25(31)29-36(6-2)28(39)24(40-29)19-33-23-12-11-20-17-22(10-9-21(20)18-23)26(37)32-13-16-35-14-7-8-15-35/h9-12,17-18,24,33H,5-8,13-16,19,31H2,1-4H3,(H,32,37)(H,34,38)/b29-25+/t24-/m1/s1. The van der Waals surface area contributed by atoms with E-state index in [1.54, 1.807) is 4.90 Å². The highest BCUT2D eigenvalue weighted by molar-refractivity contribution is 8.04. The van der Waals surface area contributed by atoms with Gasteiger partial charge in [0.1, 0.15) is 16.0 Å². The predicted octanol–water partition coefficient (Wildman–Crippen LogP) is 3.47. The number of likely N-dealkylation sites (tertiary alicyclic amines) is 1. The van der Waals surface area contributed by atoms with Gasteiger partial charge in [0, 0.05) is 43.0 Å². The van der Waals surface area contributed by atoms with Gasteiger partial charge in [0.25, 0.3) is 11.8 Å². The molecular formula is C30H42N6O3S. The van der Waals surface area contributed by atoms with Crippen LogP contribution in [0.2, 0.25) is 0 Å². The van der Waals surface area contributed by atoms with Crippen LogP contribution in [-0.4, -0.2) is 77.6 Å². The lowest BCUT2D eigenvalue weighted by molar-refractivity contribution is -0.127. The summed E-state index contributed by atoms with van der Waals surface area (Å²) in [6, 6.07) is 11.6. The number of carbonyl (C=O) groups excluding carboxylic acids is 3. The number of benzene rings is 2. The van der Waals surface area contributed by atoms with Gasteiger partial charge in [-0.2, -0.15) is 0 Å². The number of amides is 3. The van der Waals surface area contributed by atoms with E-state index < -0.39 is 5.25 Å². The summed E-state index contributed by atoms with van der Waals surface area (Å²) in [4.78, 5) is 42.5. The highest BCUT2D eigenvalue weighted by Gasteiger charge is 2.38. The SMILES string of the molecule is CCN1C(=O)[C@@H](CNc2ccc3cc(C(=O)NCCN4CCCC4)ccc3c2)S/C1=C(/N)C(=O)NC(C)(C)CC. The molecule has 0 bridgehead atoms. The van der Waals surface area contributed by atoms with Crippen LogP contribution in [-0.2, 0) is 9.59 Å². The van der Waals surface area contributed by atoms with Gasteiger partial charge in [0.05, 0.1) is 0 Å². The number of fused-ring (bicyclic) bond motifs is 1. The van der Waals surface area contributed by atoms with Gasteiger partial charge in [0.2, 0.25) is 5.91 Å². The van der Waals surface area contributed by atoms with Crippen molar-refractivity contribution >= 4 is 45.9 Å². The zero-order valence-corrected chi connectivity index (χ0v) is 24.8. The summed E-state index contributed by atoms with van der Waals surface area (Å²) in [5.74, 6) is -0.485. The van der Waals surface area contributed by atoms with Gasteiger partial charge in [-0.1, -0.05) is 30.8 Å². The predicted molar refractivity (Wildman–Crippen MR) is 163 cm³/mol. The number of nitrogens with one attached hydrogen (secondary N) is 3. The fourth-order valence-electron chi connectivity index (χ4n) is 4.86. The summed E-state index contributed by atoms with van der Waals surface area (Å²) in [6.07, 6.45) is 3.24. The van der Waals surface area contributed by atoms with E-state index in [-0.39, 0.29) is 29.0 Å². The zero-order valence-electron chi connectivity index (χ0n) is 24.0. The maximum absolute atomic E-state index is 13.1. The summed E-state index contributed by atoms with van der Waals surface area (Å²) in [6.45, 7) is 12.4.